The molecule has 2 N–H and O–H groups in total. The van der Waals surface area contributed by atoms with Crippen molar-refractivity contribution in [3.05, 3.63) is 42.4 Å². The molecule has 102 valence electrons. The van der Waals surface area contributed by atoms with E-state index in [1.807, 2.05) is 24.3 Å². The number of rotatable bonds is 4. The Kier molecular flexibility index (Phi) is 3.42. The largest absolute Gasteiger partial charge is 0.340 e. The molecule has 0 spiro atoms. The molecule has 3 aromatic rings. The molecule has 0 saturated carbocycles. The van der Waals surface area contributed by atoms with Gasteiger partial charge in [0.25, 0.3) is 0 Å². The zero-order valence-electron chi connectivity index (χ0n) is 10.8. The van der Waals surface area contributed by atoms with Gasteiger partial charge in [-0.25, -0.2) is 9.97 Å². The first-order chi connectivity index (χ1) is 9.72. The van der Waals surface area contributed by atoms with Crippen LogP contribution in [0, 0.1) is 0 Å². The second-order valence-electron chi connectivity index (χ2n) is 4.40. The van der Waals surface area contributed by atoms with E-state index in [4.69, 9.17) is 0 Å². The zero-order valence-corrected chi connectivity index (χ0v) is 11.6. The van der Waals surface area contributed by atoms with Gasteiger partial charge in [-0.1, -0.05) is 12.1 Å². The highest BCUT2D eigenvalue weighted by Gasteiger charge is 2.06. The quantitative estimate of drug-likeness (QED) is 0.766. The number of aromatic amines is 1. The SMILES string of the molecule is CS(=O)Cc1cccc(Nc2ncnc3[nH]ncc23)c1. The van der Waals surface area contributed by atoms with E-state index in [0.29, 0.717) is 17.2 Å². The second-order valence-corrected chi connectivity index (χ2v) is 5.83. The standard InChI is InChI=1S/C13H13N5OS/c1-20(19)7-9-3-2-4-10(5-9)17-12-11-6-16-18-13(11)15-8-14-12/h2-6,8H,7H2,1H3,(H2,14,15,16,17,18). The molecule has 2 heterocycles. The molecule has 7 heteroatoms. The molecule has 6 nitrogen and oxygen atoms in total. The minimum Gasteiger partial charge on any atom is -0.340 e. The molecule has 0 fully saturated rings. The number of hydrogen-bond donors (Lipinski definition) is 2. The van der Waals surface area contributed by atoms with Crippen molar-refractivity contribution in [2.45, 2.75) is 5.75 Å². The van der Waals surface area contributed by atoms with Gasteiger partial charge >= 0.3 is 0 Å². The Labute approximate surface area is 118 Å². The van der Waals surface area contributed by atoms with Crippen molar-refractivity contribution in [1.29, 1.82) is 0 Å². The number of fused-ring (bicyclic) bond motifs is 1. The van der Waals surface area contributed by atoms with Gasteiger partial charge in [0.05, 0.1) is 11.6 Å². The summed E-state index contributed by atoms with van der Waals surface area (Å²) in [4.78, 5) is 8.31. The predicted octanol–water partition coefficient (Wildman–Crippen LogP) is 1.97. The monoisotopic (exact) mass is 287 g/mol. The maximum absolute atomic E-state index is 11.3. The minimum absolute atomic E-state index is 0.542. The third-order valence-corrected chi connectivity index (χ3v) is 3.55. The van der Waals surface area contributed by atoms with Crippen molar-refractivity contribution in [3.8, 4) is 0 Å². The summed E-state index contributed by atoms with van der Waals surface area (Å²) in [7, 11) is -0.856. The number of anilines is 2. The van der Waals surface area contributed by atoms with Gasteiger partial charge in [-0.3, -0.25) is 9.31 Å². The second kappa shape index (κ2) is 5.38. The van der Waals surface area contributed by atoms with E-state index < -0.39 is 10.8 Å². The fourth-order valence-electron chi connectivity index (χ4n) is 1.97. The number of benzene rings is 1. The molecule has 2 aromatic heterocycles. The van der Waals surface area contributed by atoms with Crippen LogP contribution in [0.1, 0.15) is 5.56 Å². The van der Waals surface area contributed by atoms with Crippen LogP contribution in [0.2, 0.25) is 0 Å². The normalized spacial score (nSPS) is 12.4. The summed E-state index contributed by atoms with van der Waals surface area (Å²) in [6.45, 7) is 0. The lowest BCUT2D eigenvalue weighted by Gasteiger charge is -2.07. The minimum atomic E-state index is -0.856. The fraction of sp³-hybridized carbons (Fsp3) is 0.154. The lowest BCUT2D eigenvalue weighted by atomic mass is 10.2. The van der Waals surface area contributed by atoms with Crippen molar-refractivity contribution in [3.63, 3.8) is 0 Å². The average molecular weight is 287 g/mol. The van der Waals surface area contributed by atoms with Gasteiger partial charge in [-0.2, -0.15) is 5.10 Å². The van der Waals surface area contributed by atoms with Gasteiger partial charge in [-0.15, -0.1) is 0 Å². The summed E-state index contributed by atoms with van der Waals surface area (Å²) in [5, 5.41) is 10.8. The number of hydrogen-bond acceptors (Lipinski definition) is 5. The lowest BCUT2D eigenvalue weighted by molar-refractivity contribution is 0.686. The Balaban J connectivity index is 1.91. The van der Waals surface area contributed by atoms with Crippen LogP contribution in [0.25, 0.3) is 11.0 Å². The van der Waals surface area contributed by atoms with E-state index in [-0.39, 0.29) is 0 Å². The summed E-state index contributed by atoms with van der Waals surface area (Å²) >= 11 is 0. The molecule has 20 heavy (non-hydrogen) atoms. The maximum atomic E-state index is 11.3. The van der Waals surface area contributed by atoms with Crippen LogP contribution in [-0.2, 0) is 16.6 Å². The highest BCUT2D eigenvalue weighted by atomic mass is 32.2. The van der Waals surface area contributed by atoms with Crippen LogP contribution in [0.4, 0.5) is 11.5 Å². The van der Waals surface area contributed by atoms with Crippen molar-refractivity contribution >= 4 is 33.3 Å². The molecular formula is C13H13N5OS. The average Bonchev–Trinajstić information content (AvgIpc) is 2.88. The molecular weight excluding hydrogens is 274 g/mol. The van der Waals surface area contributed by atoms with Crippen LogP contribution >= 0.6 is 0 Å². The smallest absolute Gasteiger partial charge is 0.160 e. The summed E-state index contributed by atoms with van der Waals surface area (Å²) in [6.07, 6.45) is 4.86. The molecule has 0 bridgehead atoms. The maximum Gasteiger partial charge on any atom is 0.160 e. The van der Waals surface area contributed by atoms with E-state index in [1.165, 1.54) is 6.33 Å². The van der Waals surface area contributed by atoms with E-state index in [9.17, 15) is 4.21 Å². The molecule has 1 aromatic carbocycles. The van der Waals surface area contributed by atoms with Gasteiger partial charge in [-0.05, 0) is 17.7 Å². The lowest BCUT2D eigenvalue weighted by Crippen LogP contribution is -1.97. The number of H-pyrrole nitrogens is 1. The van der Waals surface area contributed by atoms with Gasteiger partial charge in [0.15, 0.2) is 5.65 Å². The summed E-state index contributed by atoms with van der Waals surface area (Å²) < 4.78 is 11.3. The molecule has 0 aliphatic rings. The summed E-state index contributed by atoms with van der Waals surface area (Å²) in [5.74, 6) is 1.24. The topological polar surface area (TPSA) is 83.6 Å². The van der Waals surface area contributed by atoms with E-state index in [1.54, 1.807) is 12.5 Å². The van der Waals surface area contributed by atoms with Gasteiger partial charge in [0.2, 0.25) is 0 Å². The Morgan fingerprint density at radius 2 is 2.25 bits per heavy atom. The first-order valence-electron chi connectivity index (χ1n) is 6.02. The number of aromatic nitrogens is 4. The summed E-state index contributed by atoms with van der Waals surface area (Å²) in [5.41, 5.74) is 2.61. The van der Waals surface area contributed by atoms with Crippen LogP contribution in [0.3, 0.4) is 0 Å². The zero-order chi connectivity index (χ0) is 13.9. The van der Waals surface area contributed by atoms with Gasteiger partial charge in [0, 0.05) is 28.5 Å². The fourth-order valence-corrected chi connectivity index (χ4v) is 2.62. The van der Waals surface area contributed by atoms with E-state index >= 15 is 0 Å². The molecule has 0 aliphatic carbocycles. The Morgan fingerprint density at radius 3 is 3.10 bits per heavy atom. The molecule has 0 amide bonds. The molecule has 1 unspecified atom stereocenters. The van der Waals surface area contributed by atoms with Crippen LogP contribution in [0.5, 0.6) is 0 Å². The van der Waals surface area contributed by atoms with E-state index in [2.05, 4.69) is 25.5 Å². The highest BCUT2D eigenvalue weighted by molar-refractivity contribution is 7.83. The van der Waals surface area contributed by atoms with Crippen molar-refractivity contribution in [2.75, 3.05) is 11.6 Å². The van der Waals surface area contributed by atoms with Gasteiger partial charge in [0.1, 0.15) is 12.1 Å². The molecule has 1 atom stereocenters. The first-order valence-corrected chi connectivity index (χ1v) is 7.75. The van der Waals surface area contributed by atoms with Crippen molar-refractivity contribution in [2.24, 2.45) is 0 Å². The van der Waals surface area contributed by atoms with Crippen LogP contribution in [-0.4, -0.2) is 30.6 Å². The van der Waals surface area contributed by atoms with Crippen molar-refractivity contribution < 1.29 is 4.21 Å². The predicted molar refractivity (Wildman–Crippen MR) is 79.2 cm³/mol. The number of nitrogens with zero attached hydrogens (tertiary/aromatic N) is 3. The van der Waals surface area contributed by atoms with E-state index in [0.717, 1.165) is 16.6 Å². The Morgan fingerprint density at radius 1 is 1.35 bits per heavy atom. The number of nitrogens with one attached hydrogen (secondary N) is 2. The third kappa shape index (κ3) is 2.67. The highest BCUT2D eigenvalue weighted by Crippen LogP contribution is 2.22. The summed E-state index contributed by atoms with van der Waals surface area (Å²) in [6, 6.07) is 7.80. The van der Waals surface area contributed by atoms with Gasteiger partial charge < -0.3 is 5.32 Å². The van der Waals surface area contributed by atoms with Crippen molar-refractivity contribution in [1.82, 2.24) is 20.2 Å². The first kappa shape index (κ1) is 12.7. The molecule has 0 saturated heterocycles. The molecule has 0 aliphatic heterocycles. The Hall–Kier alpha value is -2.28. The van der Waals surface area contributed by atoms with Crippen LogP contribution < -0.4 is 5.32 Å². The molecule has 0 radical (unpaired) electrons. The third-order valence-electron chi connectivity index (χ3n) is 2.81. The van der Waals surface area contributed by atoms with Crippen LogP contribution in [0.15, 0.2) is 36.8 Å². The Bertz CT molecular complexity index is 770. The molecule has 3 rings (SSSR count).